The van der Waals surface area contributed by atoms with Crippen molar-refractivity contribution in [3.8, 4) is 0 Å². The predicted octanol–water partition coefficient (Wildman–Crippen LogP) is 3.81. The Morgan fingerprint density at radius 1 is 1.37 bits per heavy atom. The summed E-state index contributed by atoms with van der Waals surface area (Å²) in [6, 6.07) is 5.14. The van der Waals surface area contributed by atoms with Gasteiger partial charge in [0.05, 0.1) is 5.69 Å². The number of thiophene rings is 1. The average Bonchev–Trinajstić information content (AvgIpc) is 3.05. The minimum absolute atomic E-state index is 0.377. The highest BCUT2D eigenvalue weighted by Gasteiger charge is 2.14. The minimum Gasteiger partial charge on any atom is -0.310 e. The molecule has 0 amide bonds. The van der Waals surface area contributed by atoms with Crippen LogP contribution in [0.25, 0.3) is 0 Å². The zero-order chi connectivity index (χ0) is 13.7. The van der Waals surface area contributed by atoms with Crippen molar-refractivity contribution in [3.05, 3.63) is 40.3 Å². The van der Waals surface area contributed by atoms with Crippen LogP contribution >= 0.6 is 11.3 Å². The Bertz CT molecular complexity index is 473. The molecule has 0 fully saturated rings. The highest BCUT2D eigenvalue weighted by Crippen LogP contribution is 2.20. The standard InChI is InChI=1S/C15H23N3S/c1-4-7-16-15(13-6-9-19-11-13)10-14-5-8-18(17-14)12(2)3/h5-6,8-9,11-12,15-16H,4,7,10H2,1-3H3. The number of aromatic nitrogens is 2. The molecular formula is C15H23N3S. The Morgan fingerprint density at radius 2 is 2.21 bits per heavy atom. The average molecular weight is 277 g/mol. The van der Waals surface area contributed by atoms with Gasteiger partial charge in [0, 0.05) is 24.7 Å². The van der Waals surface area contributed by atoms with Crippen LogP contribution in [0.3, 0.4) is 0 Å². The lowest BCUT2D eigenvalue weighted by molar-refractivity contribution is 0.500. The minimum atomic E-state index is 0.377. The second-order valence-corrected chi connectivity index (χ2v) is 5.93. The number of nitrogens with zero attached hydrogens (tertiary/aromatic N) is 2. The monoisotopic (exact) mass is 277 g/mol. The second-order valence-electron chi connectivity index (χ2n) is 5.15. The maximum absolute atomic E-state index is 4.65. The largest absolute Gasteiger partial charge is 0.310 e. The van der Waals surface area contributed by atoms with Crippen LogP contribution in [0.1, 0.15) is 50.5 Å². The summed E-state index contributed by atoms with van der Waals surface area (Å²) in [7, 11) is 0. The second kappa shape index (κ2) is 6.87. The third-order valence-corrected chi connectivity index (χ3v) is 3.89. The molecule has 0 saturated carbocycles. The molecule has 1 N–H and O–H groups in total. The zero-order valence-corrected chi connectivity index (χ0v) is 12.8. The first-order valence-electron chi connectivity index (χ1n) is 7.00. The molecule has 0 aliphatic rings. The van der Waals surface area contributed by atoms with Gasteiger partial charge in [-0.15, -0.1) is 0 Å². The summed E-state index contributed by atoms with van der Waals surface area (Å²) in [6.45, 7) is 7.56. The zero-order valence-electron chi connectivity index (χ0n) is 12.0. The topological polar surface area (TPSA) is 29.9 Å². The number of hydrogen-bond acceptors (Lipinski definition) is 3. The van der Waals surface area contributed by atoms with Crippen LogP contribution in [0.15, 0.2) is 29.1 Å². The van der Waals surface area contributed by atoms with E-state index in [1.807, 2.05) is 4.68 Å². The number of rotatable bonds is 7. The number of nitrogens with one attached hydrogen (secondary N) is 1. The first kappa shape index (κ1) is 14.3. The summed E-state index contributed by atoms with van der Waals surface area (Å²) in [6.07, 6.45) is 4.18. The van der Waals surface area contributed by atoms with Crippen molar-refractivity contribution < 1.29 is 0 Å². The van der Waals surface area contributed by atoms with Crippen molar-refractivity contribution >= 4 is 11.3 Å². The normalized spacial score (nSPS) is 13.1. The van der Waals surface area contributed by atoms with Crippen LogP contribution in [0.2, 0.25) is 0 Å². The van der Waals surface area contributed by atoms with E-state index in [1.54, 1.807) is 11.3 Å². The quantitative estimate of drug-likeness (QED) is 0.834. The van der Waals surface area contributed by atoms with E-state index in [0.717, 1.165) is 25.1 Å². The van der Waals surface area contributed by atoms with Gasteiger partial charge in [0.1, 0.15) is 0 Å². The number of hydrogen-bond donors (Lipinski definition) is 1. The Kier molecular flexibility index (Phi) is 5.16. The van der Waals surface area contributed by atoms with Crippen molar-refractivity contribution in [3.63, 3.8) is 0 Å². The van der Waals surface area contributed by atoms with Gasteiger partial charge in [-0.25, -0.2) is 0 Å². The Labute approximate surface area is 119 Å². The first-order valence-corrected chi connectivity index (χ1v) is 7.94. The first-order chi connectivity index (χ1) is 9.20. The molecule has 0 spiro atoms. The molecule has 3 nitrogen and oxygen atoms in total. The lowest BCUT2D eigenvalue weighted by Crippen LogP contribution is -2.24. The summed E-state index contributed by atoms with van der Waals surface area (Å²) in [4.78, 5) is 0. The van der Waals surface area contributed by atoms with E-state index in [4.69, 9.17) is 0 Å². The molecule has 0 bridgehead atoms. The van der Waals surface area contributed by atoms with E-state index < -0.39 is 0 Å². The molecule has 19 heavy (non-hydrogen) atoms. The maximum atomic E-state index is 4.65. The van der Waals surface area contributed by atoms with Crippen molar-refractivity contribution in [1.82, 2.24) is 15.1 Å². The Hall–Kier alpha value is -1.13. The molecule has 2 rings (SSSR count). The molecule has 0 saturated heterocycles. The van der Waals surface area contributed by atoms with E-state index in [-0.39, 0.29) is 0 Å². The van der Waals surface area contributed by atoms with E-state index in [0.29, 0.717) is 12.1 Å². The summed E-state index contributed by atoms with van der Waals surface area (Å²) >= 11 is 1.76. The Morgan fingerprint density at radius 3 is 2.79 bits per heavy atom. The summed E-state index contributed by atoms with van der Waals surface area (Å²) in [5, 5.41) is 12.6. The fraction of sp³-hybridized carbons (Fsp3) is 0.533. The molecule has 2 aromatic rings. The molecule has 4 heteroatoms. The highest BCUT2D eigenvalue weighted by atomic mass is 32.1. The maximum Gasteiger partial charge on any atom is 0.0643 e. The van der Waals surface area contributed by atoms with E-state index in [1.165, 1.54) is 5.56 Å². The van der Waals surface area contributed by atoms with Gasteiger partial charge in [-0.2, -0.15) is 16.4 Å². The third kappa shape index (κ3) is 3.91. The van der Waals surface area contributed by atoms with Crippen LogP contribution in [0.5, 0.6) is 0 Å². The summed E-state index contributed by atoms with van der Waals surface area (Å²) < 4.78 is 2.03. The fourth-order valence-electron chi connectivity index (χ4n) is 2.08. The van der Waals surface area contributed by atoms with E-state index in [9.17, 15) is 0 Å². The molecule has 1 unspecified atom stereocenters. The molecule has 0 aliphatic carbocycles. The molecule has 1 atom stereocenters. The van der Waals surface area contributed by atoms with Gasteiger partial charge in [-0.05, 0) is 55.3 Å². The lowest BCUT2D eigenvalue weighted by Gasteiger charge is -2.16. The van der Waals surface area contributed by atoms with Gasteiger partial charge in [-0.3, -0.25) is 4.68 Å². The highest BCUT2D eigenvalue weighted by molar-refractivity contribution is 7.07. The van der Waals surface area contributed by atoms with E-state index in [2.05, 4.69) is 60.3 Å². The van der Waals surface area contributed by atoms with Crippen molar-refractivity contribution in [1.29, 1.82) is 0 Å². The Balaban J connectivity index is 2.06. The van der Waals surface area contributed by atoms with E-state index >= 15 is 0 Å². The molecule has 0 aliphatic heterocycles. The van der Waals surface area contributed by atoms with Gasteiger partial charge < -0.3 is 5.32 Å². The van der Waals surface area contributed by atoms with Crippen LogP contribution in [0.4, 0.5) is 0 Å². The molecule has 2 heterocycles. The SMILES string of the molecule is CCCNC(Cc1ccn(C(C)C)n1)c1ccsc1. The molecule has 0 aromatic carbocycles. The fourth-order valence-corrected chi connectivity index (χ4v) is 2.80. The van der Waals surface area contributed by atoms with Gasteiger partial charge >= 0.3 is 0 Å². The summed E-state index contributed by atoms with van der Waals surface area (Å²) in [5.74, 6) is 0. The smallest absolute Gasteiger partial charge is 0.0643 e. The van der Waals surface area contributed by atoms with Crippen molar-refractivity contribution in [2.75, 3.05) is 6.54 Å². The van der Waals surface area contributed by atoms with Gasteiger partial charge in [0.15, 0.2) is 0 Å². The van der Waals surface area contributed by atoms with Crippen LogP contribution in [-0.2, 0) is 6.42 Å². The molecular weight excluding hydrogens is 254 g/mol. The molecule has 2 aromatic heterocycles. The van der Waals surface area contributed by atoms with Crippen LogP contribution in [-0.4, -0.2) is 16.3 Å². The van der Waals surface area contributed by atoms with Gasteiger partial charge in [0.25, 0.3) is 0 Å². The predicted molar refractivity (Wildman–Crippen MR) is 81.7 cm³/mol. The van der Waals surface area contributed by atoms with Gasteiger partial charge in [0.2, 0.25) is 0 Å². The van der Waals surface area contributed by atoms with Crippen LogP contribution in [0, 0.1) is 0 Å². The molecule has 104 valence electrons. The van der Waals surface area contributed by atoms with Gasteiger partial charge in [-0.1, -0.05) is 6.92 Å². The van der Waals surface area contributed by atoms with Crippen molar-refractivity contribution in [2.24, 2.45) is 0 Å². The summed E-state index contributed by atoms with van der Waals surface area (Å²) in [5.41, 5.74) is 2.53. The van der Waals surface area contributed by atoms with Crippen molar-refractivity contribution in [2.45, 2.75) is 45.7 Å². The van der Waals surface area contributed by atoms with Crippen LogP contribution < -0.4 is 5.32 Å². The molecule has 0 radical (unpaired) electrons. The lowest BCUT2D eigenvalue weighted by atomic mass is 10.1. The third-order valence-electron chi connectivity index (χ3n) is 3.19.